The average Bonchev–Trinajstić information content (AvgIpc) is 3.09. The normalized spacial score (nSPS) is 11.7. The fraction of sp³-hybridized carbons (Fsp3) is 0.237. The van der Waals surface area contributed by atoms with Crippen LogP contribution in [0.2, 0.25) is 0 Å². The van der Waals surface area contributed by atoms with Crippen molar-refractivity contribution < 1.29 is 23.9 Å². The number of thioether (sulfide) groups is 1. The molecule has 1 atom stereocenters. The molecular weight excluding hydrogens is 611 g/mol. The van der Waals surface area contributed by atoms with Crippen molar-refractivity contribution in [3.63, 3.8) is 0 Å². The molecule has 244 valence electrons. The Morgan fingerprint density at radius 1 is 0.787 bits per heavy atom. The van der Waals surface area contributed by atoms with E-state index in [1.54, 1.807) is 36.4 Å². The van der Waals surface area contributed by atoms with Gasteiger partial charge in [0.05, 0.1) is 18.5 Å². The van der Waals surface area contributed by atoms with Crippen molar-refractivity contribution in [3.8, 4) is 11.5 Å². The van der Waals surface area contributed by atoms with Gasteiger partial charge >= 0.3 is 0 Å². The highest BCUT2D eigenvalue weighted by Crippen LogP contribution is 2.29. The highest BCUT2D eigenvalue weighted by atomic mass is 32.2. The number of amides is 3. The molecular formula is C38H41N3O5S. The topological polar surface area (TPSA) is 106 Å². The van der Waals surface area contributed by atoms with Gasteiger partial charge in [-0.15, -0.1) is 11.8 Å². The molecule has 4 rings (SSSR count). The Morgan fingerprint density at radius 3 is 2.26 bits per heavy atom. The van der Waals surface area contributed by atoms with Crippen LogP contribution in [-0.4, -0.2) is 36.2 Å². The second-order valence-corrected chi connectivity index (χ2v) is 11.8. The molecule has 0 saturated heterocycles. The number of ether oxygens (including phenoxy) is 2. The van der Waals surface area contributed by atoms with E-state index >= 15 is 0 Å². The third-order valence-electron chi connectivity index (χ3n) is 6.97. The second kappa shape index (κ2) is 18.2. The molecule has 9 heteroatoms. The minimum absolute atomic E-state index is 0.0525. The third-order valence-corrected chi connectivity index (χ3v) is 8.33. The number of nitrogens with one attached hydrogen (secondary N) is 3. The fourth-order valence-corrected chi connectivity index (χ4v) is 5.52. The lowest BCUT2D eigenvalue weighted by molar-refractivity contribution is -0.116. The largest absolute Gasteiger partial charge is 0.494 e. The van der Waals surface area contributed by atoms with Crippen LogP contribution in [0.4, 0.5) is 11.4 Å². The molecule has 0 saturated carbocycles. The zero-order valence-corrected chi connectivity index (χ0v) is 27.8. The van der Waals surface area contributed by atoms with Gasteiger partial charge < -0.3 is 25.4 Å². The van der Waals surface area contributed by atoms with Gasteiger partial charge in [0.1, 0.15) is 17.2 Å². The van der Waals surface area contributed by atoms with Crippen LogP contribution in [0.15, 0.2) is 114 Å². The van der Waals surface area contributed by atoms with Crippen LogP contribution >= 0.6 is 11.8 Å². The van der Waals surface area contributed by atoms with Gasteiger partial charge in [-0.3, -0.25) is 14.4 Å². The number of hydrogen-bond donors (Lipinski definition) is 3. The van der Waals surface area contributed by atoms with Crippen molar-refractivity contribution >= 4 is 46.9 Å². The van der Waals surface area contributed by atoms with E-state index in [1.807, 2.05) is 86.6 Å². The van der Waals surface area contributed by atoms with Gasteiger partial charge in [-0.1, -0.05) is 62.7 Å². The predicted octanol–water partition coefficient (Wildman–Crippen LogP) is 8.18. The lowest BCUT2D eigenvalue weighted by Crippen LogP contribution is -2.30. The zero-order chi connectivity index (χ0) is 33.4. The third kappa shape index (κ3) is 10.8. The Labute approximate surface area is 281 Å². The van der Waals surface area contributed by atoms with Crippen LogP contribution in [0.5, 0.6) is 11.5 Å². The van der Waals surface area contributed by atoms with Gasteiger partial charge in [0, 0.05) is 27.4 Å². The summed E-state index contributed by atoms with van der Waals surface area (Å²) < 4.78 is 11.5. The maximum Gasteiger partial charge on any atom is 0.272 e. The first-order valence-electron chi connectivity index (χ1n) is 15.8. The number of anilines is 2. The molecule has 3 N–H and O–H groups in total. The van der Waals surface area contributed by atoms with Crippen LogP contribution < -0.4 is 25.4 Å². The summed E-state index contributed by atoms with van der Waals surface area (Å²) in [5, 5.41) is 8.31. The van der Waals surface area contributed by atoms with Crippen LogP contribution in [-0.2, 0) is 9.59 Å². The summed E-state index contributed by atoms with van der Waals surface area (Å²) in [5.41, 5.74) is 2.33. The summed E-state index contributed by atoms with van der Waals surface area (Å²) in [5.74, 6) is 0.323. The Morgan fingerprint density at radius 2 is 1.53 bits per heavy atom. The van der Waals surface area contributed by atoms with Crippen LogP contribution in [0.1, 0.15) is 56.0 Å². The lowest BCUT2D eigenvalue weighted by Gasteiger charge is -2.16. The number of carbonyl (C=O) groups is 3. The van der Waals surface area contributed by atoms with Gasteiger partial charge in [0.25, 0.3) is 11.8 Å². The van der Waals surface area contributed by atoms with E-state index < -0.39 is 11.8 Å². The second-order valence-electron chi connectivity index (χ2n) is 10.6. The highest BCUT2D eigenvalue weighted by Gasteiger charge is 2.20. The first-order valence-corrected chi connectivity index (χ1v) is 16.7. The molecule has 0 aromatic heterocycles. The molecule has 4 aromatic rings. The van der Waals surface area contributed by atoms with Gasteiger partial charge in [0.15, 0.2) is 0 Å². The molecule has 0 aliphatic carbocycles. The van der Waals surface area contributed by atoms with Crippen molar-refractivity contribution in [2.24, 2.45) is 0 Å². The summed E-state index contributed by atoms with van der Waals surface area (Å²) in [6.07, 6.45) is 4.25. The molecule has 0 bridgehead atoms. The smallest absolute Gasteiger partial charge is 0.272 e. The summed E-state index contributed by atoms with van der Waals surface area (Å²) in [6.45, 7) is 7.07. The van der Waals surface area contributed by atoms with Crippen molar-refractivity contribution in [2.45, 2.75) is 50.2 Å². The van der Waals surface area contributed by atoms with Gasteiger partial charge in [-0.05, 0) is 86.5 Å². The molecule has 0 heterocycles. The van der Waals surface area contributed by atoms with E-state index in [-0.39, 0.29) is 16.9 Å². The molecule has 0 radical (unpaired) electrons. The van der Waals surface area contributed by atoms with E-state index in [9.17, 15) is 14.4 Å². The van der Waals surface area contributed by atoms with Crippen molar-refractivity contribution in [1.29, 1.82) is 0 Å². The average molecular weight is 652 g/mol. The number of benzene rings is 4. The Balaban J connectivity index is 1.47. The first kappa shape index (κ1) is 34.8. The lowest BCUT2D eigenvalue weighted by atomic mass is 10.1. The maximum atomic E-state index is 13.6. The molecule has 0 fully saturated rings. The van der Waals surface area contributed by atoms with E-state index in [2.05, 4.69) is 22.9 Å². The fourth-order valence-electron chi connectivity index (χ4n) is 4.51. The summed E-state index contributed by atoms with van der Waals surface area (Å²) >= 11 is 1.41. The van der Waals surface area contributed by atoms with Crippen molar-refractivity contribution in [1.82, 2.24) is 5.32 Å². The quantitative estimate of drug-likeness (QED) is 0.0641. The number of unbranched alkanes of at least 4 members (excludes halogenated alkanes) is 1. The number of para-hydroxylation sites is 1. The first-order chi connectivity index (χ1) is 22.9. The predicted molar refractivity (Wildman–Crippen MR) is 190 cm³/mol. The Kier molecular flexibility index (Phi) is 13.5. The van der Waals surface area contributed by atoms with E-state index in [0.717, 1.165) is 23.5 Å². The van der Waals surface area contributed by atoms with Gasteiger partial charge in [0.2, 0.25) is 5.91 Å². The summed E-state index contributed by atoms with van der Waals surface area (Å²) in [4.78, 5) is 40.7. The summed E-state index contributed by atoms with van der Waals surface area (Å²) in [6, 6.07) is 30.7. The number of carbonyl (C=O) groups excluding carboxylic acids is 3. The molecule has 0 aliphatic heterocycles. The van der Waals surface area contributed by atoms with Crippen LogP contribution in [0.25, 0.3) is 6.08 Å². The molecule has 47 heavy (non-hydrogen) atoms. The van der Waals surface area contributed by atoms with Crippen LogP contribution in [0, 0.1) is 0 Å². The van der Waals surface area contributed by atoms with Gasteiger partial charge in [-0.2, -0.15) is 0 Å². The van der Waals surface area contributed by atoms with Gasteiger partial charge in [-0.25, -0.2) is 0 Å². The van der Waals surface area contributed by atoms with E-state index in [4.69, 9.17) is 9.47 Å². The van der Waals surface area contributed by atoms with Crippen molar-refractivity contribution in [2.75, 3.05) is 23.8 Å². The standard InChI is InChI=1S/C38H41N3O5S/c1-4-7-24-46-31-22-20-29(21-23-31)39-38(44)35(5-2)47-32-18-13-17-30(26-32)40-37(43)33(41-36(42)27-14-9-8-10-15-27)25-28-16-11-12-19-34(28)45-6-3/h8-23,25-26,35H,4-7,24H2,1-3H3,(H,39,44)(H,40,43)(H,41,42)/b33-25+. The highest BCUT2D eigenvalue weighted by molar-refractivity contribution is 8.00. The number of hydrogen-bond acceptors (Lipinski definition) is 6. The molecule has 8 nitrogen and oxygen atoms in total. The molecule has 4 aromatic carbocycles. The van der Waals surface area contributed by atoms with E-state index in [0.29, 0.717) is 47.9 Å². The molecule has 3 amide bonds. The van der Waals surface area contributed by atoms with Crippen molar-refractivity contribution in [3.05, 3.63) is 120 Å². The monoisotopic (exact) mass is 651 g/mol. The zero-order valence-electron chi connectivity index (χ0n) is 27.0. The molecule has 0 aliphatic rings. The molecule has 0 spiro atoms. The number of rotatable bonds is 16. The maximum absolute atomic E-state index is 13.6. The Bertz CT molecular complexity index is 1660. The Hall–Kier alpha value is -5.02. The minimum Gasteiger partial charge on any atom is -0.494 e. The SMILES string of the molecule is CCCCOc1ccc(NC(=O)C(CC)Sc2cccc(NC(=O)/C(=C\c3ccccc3OCC)NC(=O)c3ccccc3)c2)cc1. The summed E-state index contributed by atoms with van der Waals surface area (Å²) in [7, 11) is 0. The minimum atomic E-state index is -0.505. The van der Waals surface area contributed by atoms with E-state index in [1.165, 1.54) is 11.8 Å². The molecule has 1 unspecified atom stereocenters. The van der Waals surface area contributed by atoms with Crippen LogP contribution in [0.3, 0.4) is 0 Å².